The lowest BCUT2D eigenvalue weighted by Crippen LogP contribution is -2.32. The molecule has 0 saturated heterocycles. The summed E-state index contributed by atoms with van der Waals surface area (Å²) in [6, 6.07) is 19.2. The van der Waals surface area contributed by atoms with Gasteiger partial charge in [0.25, 0.3) is 0 Å². The maximum Gasteiger partial charge on any atom is 0.250 e. The summed E-state index contributed by atoms with van der Waals surface area (Å²) in [5.41, 5.74) is 4.02. The van der Waals surface area contributed by atoms with Gasteiger partial charge in [0.05, 0.1) is 15.6 Å². The van der Waals surface area contributed by atoms with Gasteiger partial charge in [-0.2, -0.15) is 0 Å². The van der Waals surface area contributed by atoms with Crippen LogP contribution >= 0.6 is 35.4 Å². The van der Waals surface area contributed by atoms with E-state index in [0.29, 0.717) is 49.5 Å². The van der Waals surface area contributed by atoms with E-state index in [-0.39, 0.29) is 16.8 Å². The third-order valence-electron chi connectivity index (χ3n) is 5.82. The van der Waals surface area contributed by atoms with Crippen LogP contribution in [0.2, 0.25) is 10.0 Å². The van der Waals surface area contributed by atoms with Crippen molar-refractivity contribution in [1.29, 1.82) is 0 Å². The fourth-order valence-electron chi connectivity index (χ4n) is 3.85. The summed E-state index contributed by atoms with van der Waals surface area (Å²) in [6.07, 6.45) is 3.68. The van der Waals surface area contributed by atoms with Crippen molar-refractivity contribution < 1.29 is 18.7 Å². The van der Waals surface area contributed by atoms with Crippen LogP contribution in [0, 0.1) is 0 Å². The summed E-state index contributed by atoms with van der Waals surface area (Å²) >= 11 is 17.6. The minimum Gasteiger partial charge on any atom is -0.507 e. The van der Waals surface area contributed by atoms with Gasteiger partial charge in [0.2, 0.25) is 11.8 Å². The van der Waals surface area contributed by atoms with Gasteiger partial charge in [-0.25, -0.2) is 4.98 Å². The molecule has 0 spiro atoms. The van der Waals surface area contributed by atoms with Gasteiger partial charge in [0.15, 0.2) is 10.7 Å². The van der Waals surface area contributed by atoms with Crippen LogP contribution in [-0.4, -0.2) is 21.1 Å². The average Bonchev–Trinajstić information content (AvgIpc) is 3.57. The number of phenols is 1. The number of fused-ring (bicyclic) bond motifs is 1. The van der Waals surface area contributed by atoms with E-state index >= 15 is 0 Å². The monoisotopic (exact) mass is 577 g/mol. The molecule has 0 saturated carbocycles. The zero-order valence-electron chi connectivity index (χ0n) is 20.5. The summed E-state index contributed by atoms with van der Waals surface area (Å²) in [7, 11) is 0. The second kappa shape index (κ2) is 11.3. The molecule has 0 aliphatic heterocycles. The first-order valence-electron chi connectivity index (χ1n) is 11.9. The zero-order chi connectivity index (χ0) is 27.5. The molecule has 3 aromatic carbocycles. The van der Waals surface area contributed by atoms with Gasteiger partial charge in [-0.15, -0.1) is 0 Å². The Morgan fingerprint density at radius 2 is 1.90 bits per heavy atom. The number of oxazole rings is 1. The normalized spacial score (nSPS) is 11.3. The van der Waals surface area contributed by atoms with Crippen LogP contribution < -0.4 is 10.6 Å². The second-order valence-electron chi connectivity index (χ2n) is 8.49. The number of furan rings is 1. The molecule has 10 heteroatoms. The smallest absolute Gasteiger partial charge is 0.250 e. The highest BCUT2D eigenvalue weighted by Crippen LogP contribution is 2.35. The first-order valence-corrected chi connectivity index (χ1v) is 13.0. The number of carbonyl (C=O) groups excluding carboxylic acids is 1. The number of aryl methyl sites for hydroxylation is 1. The number of carbonyl (C=O) groups is 1. The topological polar surface area (TPSA) is 101 Å². The molecule has 196 valence electrons. The lowest BCUT2D eigenvalue weighted by Gasteiger charge is -2.10. The van der Waals surface area contributed by atoms with Crippen LogP contribution in [0.15, 0.2) is 81.6 Å². The molecule has 0 atom stereocenters. The first kappa shape index (κ1) is 26.5. The van der Waals surface area contributed by atoms with Crippen molar-refractivity contribution in [3.8, 4) is 28.5 Å². The van der Waals surface area contributed by atoms with Crippen molar-refractivity contribution >= 4 is 69.3 Å². The molecular weight excluding hydrogens is 557 g/mol. The van der Waals surface area contributed by atoms with E-state index in [1.165, 1.54) is 18.2 Å². The molecule has 5 rings (SSSR count). The molecule has 0 aliphatic rings. The number of hydrogen-bond acceptors (Lipinski definition) is 6. The molecule has 2 heterocycles. The number of halogens is 2. The highest BCUT2D eigenvalue weighted by Gasteiger charge is 2.15. The number of aromatic hydroxyl groups is 1. The van der Waals surface area contributed by atoms with Gasteiger partial charge < -0.3 is 19.3 Å². The number of thiocarbonyl (C=S) groups is 1. The lowest BCUT2D eigenvalue weighted by atomic mass is 10.1. The standard InChI is InChI=1S/C29H21Cl2N3O4S/c1-2-16-6-11-25-22(14-16)33-28(38-25)20-15-17(7-10-23(20)35)32-29(39)34-26(36)13-9-18-8-12-24(37-18)19-4-3-5-21(30)27(19)31/h3-15,35H,2H2,1H3,(H2,32,34,36,39). The maximum absolute atomic E-state index is 12.4. The number of nitrogens with zero attached hydrogens (tertiary/aromatic N) is 1. The largest absolute Gasteiger partial charge is 0.507 e. The number of aromatic nitrogens is 1. The molecule has 2 aromatic heterocycles. The minimum atomic E-state index is -0.462. The predicted octanol–water partition coefficient (Wildman–Crippen LogP) is 7.86. The number of amides is 1. The van der Waals surface area contributed by atoms with Crippen molar-refractivity contribution in [2.24, 2.45) is 0 Å². The third kappa shape index (κ3) is 5.98. The molecule has 0 unspecified atom stereocenters. The Labute approximate surface area is 239 Å². The third-order valence-corrected chi connectivity index (χ3v) is 6.85. The molecule has 0 fully saturated rings. The van der Waals surface area contributed by atoms with Crippen molar-refractivity contribution in [3.05, 3.63) is 94.2 Å². The average molecular weight is 578 g/mol. The Morgan fingerprint density at radius 3 is 2.72 bits per heavy atom. The number of benzene rings is 3. The van der Waals surface area contributed by atoms with Crippen molar-refractivity contribution in [3.63, 3.8) is 0 Å². The van der Waals surface area contributed by atoms with Crippen LogP contribution in [0.4, 0.5) is 5.69 Å². The molecule has 5 aromatic rings. The fraction of sp³-hybridized carbons (Fsp3) is 0.0690. The summed E-state index contributed by atoms with van der Waals surface area (Å²) in [6.45, 7) is 2.06. The van der Waals surface area contributed by atoms with E-state index in [9.17, 15) is 9.90 Å². The van der Waals surface area contributed by atoms with Crippen molar-refractivity contribution in [2.75, 3.05) is 5.32 Å². The van der Waals surface area contributed by atoms with Crippen LogP contribution in [-0.2, 0) is 11.2 Å². The molecule has 3 N–H and O–H groups in total. The summed E-state index contributed by atoms with van der Waals surface area (Å²) in [5.74, 6) is 0.776. The molecule has 0 radical (unpaired) electrons. The van der Waals surface area contributed by atoms with Crippen LogP contribution in [0.3, 0.4) is 0 Å². The van der Waals surface area contributed by atoms with E-state index in [2.05, 4.69) is 22.5 Å². The Bertz CT molecular complexity index is 1740. The maximum atomic E-state index is 12.4. The Morgan fingerprint density at radius 1 is 1.05 bits per heavy atom. The summed E-state index contributed by atoms with van der Waals surface area (Å²) in [5, 5.41) is 16.8. The number of phenolic OH excluding ortho intramolecular Hbond substituents is 1. The number of hydrogen-bond donors (Lipinski definition) is 3. The van der Waals surface area contributed by atoms with Gasteiger partial charge >= 0.3 is 0 Å². The van der Waals surface area contributed by atoms with Crippen molar-refractivity contribution in [1.82, 2.24) is 10.3 Å². The van der Waals surface area contributed by atoms with Crippen LogP contribution in [0.1, 0.15) is 18.2 Å². The molecule has 1 amide bonds. The van der Waals surface area contributed by atoms with Gasteiger partial charge in [0, 0.05) is 17.3 Å². The van der Waals surface area contributed by atoms with Gasteiger partial charge in [-0.05, 0) is 84.9 Å². The van der Waals surface area contributed by atoms with Gasteiger partial charge in [-0.1, -0.05) is 42.3 Å². The minimum absolute atomic E-state index is 0.00223. The highest BCUT2D eigenvalue weighted by molar-refractivity contribution is 7.80. The van der Waals surface area contributed by atoms with E-state index in [4.69, 9.17) is 44.3 Å². The zero-order valence-corrected chi connectivity index (χ0v) is 22.8. The molecule has 0 bridgehead atoms. The molecule has 0 aliphatic carbocycles. The SMILES string of the molecule is CCc1ccc2oc(-c3cc(NC(=S)NC(=O)C=Cc4ccc(-c5cccc(Cl)c5Cl)o4)ccc3O)nc2c1. The Kier molecular flexibility index (Phi) is 7.70. The van der Waals surface area contributed by atoms with E-state index < -0.39 is 5.91 Å². The highest BCUT2D eigenvalue weighted by atomic mass is 35.5. The number of rotatable bonds is 6. The van der Waals surface area contributed by atoms with Gasteiger partial charge in [-0.3, -0.25) is 10.1 Å². The van der Waals surface area contributed by atoms with Crippen LogP contribution in [0.5, 0.6) is 5.75 Å². The lowest BCUT2D eigenvalue weighted by molar-refractivity contribution is -0.115. The van der Waals surface area contributed by atoms with E-state index in [1.54, 1.807) is 42.5 Å². The quantitative estimate of drug-likeness (QED) is 0.107. The molecule has 7 nitrogen and oxygen atoms in total. The summed E-state index contributed by atoms with van der Waals surface area (Å²) in [4.78, 5) is 16.9. The number of nitrogens with one attached hydrogen (secondary N) is 2. The second-order valence-corrected chi connectivity index (χ2v) is 9.68. The predicted molar refractivity (Wildman–Crippen MR) is 158 cm³/mol. The van der Waals surface area contributed by atoms with Gasteiger partial charge in [0.1, 0.15) is 22.8 Å². The Hall–Kier alpha value is -4.11. The fourth-order valence-corrected chi connectivity index (χ4v) is 4.46. The van der Waals surface area contributed by atoms with E-state index in [0.717, 1.165) is 12.0 Å². The first-order chi connectivity index (χ1) is 18.8. The molecule has 39 heavy (non-hydrogen) atoms. The summed E-state index contributed by atoms with van der Waals surface area (Å²) < 4.78 is 11.6. The number of anilines is 1. The van der Waals surface area contributed by atoms with Crippen molar-refractivity contribution in [2.45, 2.75) is 13.3 Å². The Balaban J connectivity index is 1.24. The van der Waals surface area contributed by atoms with Crippen LogP contribution in [0.25, 0.3) is 40.0 Å². The van der Waals surface area contributed by atoms with E-state index in [1.807, 2.05) is 18.2 Å². The molecular formula is C29H21Cl2N3O4S.